The average Bonchev–Trinajstić information content (AvgIpc) is 2.53. The van der Waals surface area contributed by atoms with Crippen LogP contribution in [0.1, 0.15) is 21.3 Å². The summed E-state index contributed by atoms with van der Waals surface area (Å²) >= 11 is 6.28. The Kier molecular flexibility index (Phi) is 5.23. The Morgan fingerprint density at radius 2 is 1.71 bits per heavy atom. The average molecular weight is 303 g/mol. The van der Waals surface area contributed by atoms with E-state index in [4.69, 9.17) is 11.6 Å². The molecule has 1 N–H and O–H groups in total. The van der Waals surface area contributed by atoms with Crippen molar-refractivity contribution in [1.29, 1.82) is 0 Å². The largest absolute Gasteiger partial charge is 0.378 e. The normalized spacial score (nSPS) is 11.8. The van der Waals surface area contributed by atoms with Gasteiger partial charge in [0.2, 0.25) is 0 Å². The van der Waals surface area contributed by atoms with E-state index in [0.717, 1.165) is 11.3 Å². The molecule has 0 heterocycles. The maximum Gasteiger partial charge on any atom is 0.251 e. The number of hydrogen-bond acceptors (Lipinski definition) is 2. The quantitative estimate of drug-likeness (QED) is 0.858. The molecule has 2 rings (SSSR count). The smallest absolute Gasteiger partial charge is 0.251 e. The third-order valence-electron chi connectivity index (χ3n) is 3.25. The van der Waals surface area contributed by atoms with Crippen LogP contribution in [0.2, 0.25) is 0 Å². The molecule has 0 aliphatic heterocycles. The van der Waals surface area contributed by atoms with E-state index >= 15 is 0 Å². The number of nitrogens with zero attached hydrogens (tertiary/aromatic N) is 1. The fraction of sp³-hybridized carbons (Fsp3) is 0.235. The van der Waals surface area contributed by atoms with E-state index < -0.39 is 0 Å². The van der Waals surface area contributed by atoms with E-state index in [-0.39, 0.29) is 11.3 Å². The van der Waals surface area contributed by atoms with Crippen LogP contribution in [0.3, 0.4) is 0 Å². The highest BCUT2D eigenvalue weighted by Crippen LogP contribution is 2.19. The van der Waals surface area contributed by atoms with Gasteiger partial charge in [-0.3, -0.25) is 4.79 Å². The maximum atomic E-state index is 12.1. The van der Waals surface area contributed by atoms with E-state index in [1.807, 2.05) is 73.6 Å². The minimum Gasteiger partial charge on any atom is -0.378 e. The number of nitrogens with one attached hydrogen (secondary N) is 1. The van der Waals surface area contributed by atoms with Gasteiger partial charge in [-0.15, -0.1) is 11.6 Å². The van der Waals surface area contributed by atoms with Crippen LogP contribution in [0, 0.1) is 0 Å². The molecule has 0 aliphatic carbocycles. The minimum atomic E-state index is -0.226. The van der Waals surface area contributed by atoms with Crippen molar-refractivity contribution in [2.24, 2.45) is 0 Å². The van der Waals surface area contributed by atoms with Gasteiger partial charge in [0.05, 0.1) is 5.38 Å². The molecule has 1 unspecified atom stereocenters. The predicted octanol–water partition coefficient (Wildman–Crippen LogP) is 3.46. The monoisotopic (exact) mass is 302 g/mol. The second-order valence-electron chi connectivity index (χ2n) is 5.03. The standard InChI is InChI=1S/C17H19ClN2O/c1-20(2)15-10-8-14(9-11-15)17(21)19-12-16(18)13-6-4-3-5-7-13/h3-11,16H,12H2,1-2H3,(H,19,21). The van der Waals surface area contributed by atoms with E-state index in [0.29, 0.717) is 12.1 Å². The van der Waals surface area contributed by atoms with Crippen molar-refractivity contribution >= 4 is 23.2 Å². The Morgan fingerprint density at radius 3 is 2.29 bits per heavy atom. The van der Waals surface area contributed by atoms with E-state index in [1.165, 1.54) is 0 Å². The highest BCUT2D eigenvalue weighted by molar-refractivity contribution is 6.21. The summed E-state index contributed by atoms with van der Waals surface area (Å²) in [5.41, 5.74) is 2.70. The van der Waals surface area contributed by atoms with Crippen LogP contribution in [-0.4, -0.2) is 26.5 Å². The summed E-state index contributed by atoms with van der Waals surface area (Å²) in [7, 11) is 3.93. The topological polar surface area (TPSA) is 32.3 Å². The molecule has 0 aliphatic rings. The molecule has 0 spiro atoms. The molecule has 0 bridgehead atoms. The Bertz CT molecular complexity index is 581. The van der Waals surface area contributed by atoms with Gasteiger partial charge in [-0.1, -0.05) is 30.3 Å². The molecular formula is C17H19ClN2O. The number of carbonyl (C=O) groups is 1. The molecular weight excluding hydrogens is 284 g/mol. The summed E-state index contributed by atoms with van der Waals surface area (Å²) in [5.74, 6) is -0.109. The molecule has 0 saturated heterocycles. The van der Waals surface area contributed by atoms with Crippen LogP contribution in [-0.2, 0) is 0 Å². The summed E-state index contributed by atoms with van der Waals surface area (Å²) in [4.78, 5) is 14.1. The fourth-order valence-corrected chi connectivity index (χ4v) is 2.20. The Labute approximate surface area is 130 Å². The lowest BCUT2D eigenvalue weighted by atomic mass is 10.1. The summed E-state index contributed by atoms with van der Waals surface area (Å²) in [6, 6.07) is 17.2. The molecule has 0 aromatic heterocycles. The Balaban J connectivity index is 1.92. The van der Waals surface area contributed by atoms with Crippen LogP contribution < -0.4 is 10.2 Å². The molecule has 1 amide bonds. The van der Waals surface area contributed by atoms with Gasteiger partial charge >= 0.3 is 0 Å². The van der Waals surface area contributed by atoms with Gasteiger partial charge in [0.15, 0.2) is 0 Å². The number of alkyl halides is 1. The van der Waals surface area contributed by atoms with Crippen molar-refractivity contribution in [1.82, 2.24) is 5.32 Å². The zero-order chi connectivity index (χ0) is 15.2. The number of anilines is 1. The molecule has 3 nitrogen and oxygen atoms in total. The molecule has 2 aromatic rings. The molecule has 0 radical (unpaired) electrons. The first kappa shape index (κ1) is 15.4. The van der Waals surface area contributed by atoms with Crippen LogP contribution in [0.5, 0.6) is 0 Å². The number of rotatable bonds is 5. The maximum absolute atomic E-state index is 12.1. The van der Waals surface area contributed by atoms with Crippen LogP contribution in [0.25, 0.3) is 0 Å². The van der Waals surface area contributed by atoms with Gasteiger partial charge in [-0.05, 0) is 29.8 Å². The minimum absolute atomic E-state index is 0.109. The highest BCUT2D eigenvalue weighted by Gasteiger charge is 2.10. The van der Waals surface area contributed by atoms with E-state index in [2.05, 4.69) is 5.32 Å². The first-order valence-electron chi connectivity index (χ1n) is 6.82. The SMILES string of the molecule is CN(C)c1ccc(C(=O)NCC(Cl)c2ccccc2)cc1. The molecule has 0 fully saturated rings. The van der Waals surface area contributed by atoms with Crippen molar-refractivity contribution < 1.29 is 4.79 Å². The van der Waals surface area contributed by atoms with Gasteiger partial charge in [0, 0.05) is 31.9 Å². The summed E-state index contributed by atoms with van der Waals surface area (Å²) in [6.07, 6.45) is 0. The van der Waals surface area contributed by atoms with Crippen molar-refractivity contribution in [3.05, 3.63) is 65.7 Å². The molecule has 0 saturated carbocycles. The third kappa shape index (κ3) is 4.23. The van der Waals surface area contributed by atoms with E-state index in [9.17, 15) is 4.79 Å². The van der Waals surface area contributed by atoms with Crippen molar-refractivity contribution in [2.75, 3.05) is 25.5 Å². The fourth-order valence-electron chi connectivity index (χ4n) is 1.98. The molecule has 4 heteroatoms. The van der Waals surface area contributed by atoms with Crippen molar-refractivity contribution in [3.8, 4) is 0 Å². The number of benzene rings is 2. The van der Waals surface area contributed by atoms with Gasteiger partial charge in [0.25, 0.3) is 5.91 Å². The Morgan fingerprint density at radius 1 is 1.10 bits per heavy atom. The summed E-state index contributed by atoms with van der Waals surface area (Å²) < 4.78 is 0. The second kappa shape index (κ2) is 7.14. The number of carbonyl (C=O) groups excluding carboxylic acids is 1. The van der Waals surface area contributed by atoms with Gasteiger partial charge in [-0.25, -0.2) is 0 Å². The zero-order valence-electron chi connectivity index (χ0n) is 12.2. The highest BCUT2D eigenvalue weighted by atomic mass is 35.5. The zero-order valence-corrected chi connectivity index (χ0v) is 13.0. The van der Waals surface area contributed by atoms with Crippen LogP contribution in [0.4, 0.5) is 5.69 Å². The first-order valence-corrected chi connectivity index (χ1v) is 7.26. The number of halogens is 1. The molecule has 110 valence electrons. The van der Waals surface area contributed by atoms with E-state index in [1.54, 1.807) is 0 Å². The molecule has 21 heavy (non-hydrogen) atoms. The molecule has 1 atom stereocenters. The van der Waals surface area contributed by atoms with Crippen LogP contribution in [0.15, 0.2) is 54.6 Å². The number of hydrogen-bond donors (Lipinski definition) is 1. The lowest BCUT2D eigenvalue weighted by molar-refractivity contribution is 0.0953. The number of amides is 1. The van der Waals surface area contributed by atoms with Gasteiger partial charge < -0.3 is 10.2 Å². The summed E-state index contributed by atoms with van der Waals surface area (Å²) in [6.45, 7) is 0.403. The van der Waals surface area contributed by atoms with Gasteiger partial charge in [0.1, 0.15) is 0 Å². The molecule has 2 aromatic carbocycles. The second-order valence-corrected chi connectivity index (χ2v) is 5.56. The lowest BCUT2D eigenvalue weighted by Gasteiger charge is -2.13. The van der Waals surface area contributed by atoms with Crippen molar-refractivity contribution in [2.45, 2.75) is 5.38 Å². The lowest BCUT2D eigenvalue weighted by Crippen LogP contribution is -2.26. The van der Waals surface area contributed by atoms with Crippen molar-refractivity contribution in [3.63, 3.8) is 0 Å². The van der Waals surface area contributed by atoms with Crippen LogP contribution >= 0.6 is 11.6 Å². The third-order valence-corrected chi connectivity index (χ3v) is 3.66. The Hall–Kier alpha value is -2.00. The van der Waals surface area contributed by atoms with Gasteiger partial charge in [-0.2, -0.15) is 0 Å². The predicted molar refractivity (Wildman–Crippen MR) is 88.1 cm³/mol. The summed E-state index contributed by atoms with van der Waals surface area (Å²) in [5, 5.41) is 2.64. The first-order chi connectivity index (χ1) is 10.1.